The van der Waals surface area contributed by atoms with Crippen LogP contribution in [0.25, 0.3) is 11.0 Å². The van der Waals surface area contributed by atoms with Crippen molar-refractivity contribution in [3.8, 4) is 0 Å². The molecule has 4 nitrogen and oxygen atoms in total. The molecule has 0 unspecified atom stereocenters. The zero-order chi connectivity index (χ0) is 17.1. The first-order valence-corrected chi connectivity index (χ1v) is 8.71. The zero-order valence-corrected chi connectivity index (χ0v) is 14.3. The van der Waals surface area contributed by atoms with Crippen molar-refractivity contribution in [3.05, 3.63) is 64.9 Å². The number of ether oxygens (including phenoxy) is 1. The molecule has 0 spiro atoms. The van der Waals surface area contributed by atoms with E-state index in [-0.39, 0.29) is 16.3 Å². The van der Waals surface area contributed by atoms with Gasteiger partial charge in [0.2, 0.25) is 5.78 Å². The van der Waals surface area contributed by atoms with E-state index in [1.54, 1.807) is 24.3 Å². The number of benzene rings is 2. The summed E-state index contributed by atoms with van der Waals surface area (Å²) in [5.74, 6) is -0.884. The van der Waals surface area contributed by atoms with Crippen LogP contribution in [0.1, 0.15) is 20.9 Å². The summed E-state index contributed by atoms with van der Waals surface area (Å²) in [5.41, 5.74) is 0.851. The van der Waals surface area contributed by atoms with Crippen LogP contribution in [0.5, 0.6) is 0 Å². The van der Waals surface area contributed by atoms with Gasteiger partial charge in [-0.25, -0.2) is 4.79 Å². The Labute approximate surface area is 147 Å². The van der Waals surface area contributed by atoms with E-state index in [0.29, 0.717) is 5.58 Å². The fourth-order valence-corrected chi connectivity index (χ4v) is 2.82. The third-order valence-electron chi connectivity index (χ3n) is 3.43. The number of fused-ring (bicyclic) bond motifs is 1. The summed E-state index contributed by atoms with van der Waals surface area (Å²) in [7, 11) is 0. The summed E-state index contributed by atoms with van der Waals surface area (Å²) in [6.07, 6.45) is 1.89. The first-order valence-electron chi connectivity index (χ1n) is 7.11. The highest BCUT2D eigenvalue weighted by Crippen LogP contribution is 2.24. The molecule has 1 aromatic heterocycles. The Bertz CT molecular complexity index is 883. The van der Waals surface area contributed by atoms with E-state index in [0.717, 1.165) is 10.3 Å². The first kappa shape index (κ1) is 16.6. The SMILES string of the molecule is CSc1ccc(Cl)c(C(=O)OCC(=O)c2cc3ccccc3o2)c1. The van der Waals surface area contributed by atoms with Gasteiger partial charge in [-0.15, -0.1) is 11.8 Å². The van der Waals surface area contributed by atoms with Crippen LogP contribution in [0.2, 0.25) is 5.02 Å². The van der Waals surface area contributed by atoms with Gasteiger partial charge < -0.3 is 9.15 Å². The largest absolute Gasteiger partial charge is 0.454 e. The van der Waals surface area contributed by atoms with Crippen LogP contribution in [-0.2, 0) is 4.74 Å². The van der Waals surface area contributed by atoms with Crippen molar-refractivity contribution < 1.29 is 18.7 Å². The Balaban J connectivity index is 1.70. The number of rotatable bonds is 5. The molecule has 0 aliphatic carbocycles. The molecule has 0 bridgehead atoms. The lowest BCUT2D eigenvalue weighted by molar-refractivity contribution is 0.0468. The van der Waals surface area contributed by atoms with Crippen LogP contribution in [0.4, 0.5) is 0 Å². The number of thioether (sulfide) groups is 1. The number of carbonyl (C=O) groups excluding carboxylic acids is 2. The molecule has 0 radical (unpaired) electrons. The lowest BCUT2D eigenvalue weighted by Crippen LogP contribution is -2.14. The molecule has 24 heavy (non-hydrogen) atoms. The topological polar surface area (TPSA) is 56.5 Å². The Hall–Kier alpha value is -2.24. The van der Waals surface area contributed by atoms with Gasteiger partial charge in [0.15, 0.2) is 12.4 Å². The van der Waals surface area contributed by atoms with E-state index in [2.05, 4.69) is 0 Å². The number of furan rings is 1. The Morgan fingerprint density at radius 3 is 2.71 bits per heavy atom. The van der Waals surface area contributed by atoms with Crippen molar-refractivity contribution >= 4 is 46.1 Å². The lowest BCUT2D eigenvalue weighted by Gasteiger charge is -2.06. The molecule has 0 amide bonds. The van der Waals surface area contributed by atoms with Crippen LogP contribution in [0.3, 0.4) is 0 Å². The van der Waals surface area contributed by atoms with Gasteiger partial charge in [-0.2, -0.15) is 0 Å². The molecular weight excluding hydrogens is 348 g/mol. The first-order chi connectivity index (χ1) is 11.6. The molecular formula is C18H13ClO4S. The number of esters is 1. The van der Waals surface area contributed by atoms with Crippen molar-refractivity contribution in [2.24, 2.45) is 0 Å². The number of para-hydroxylation sites is 1. The van der Waals surface area contributed by atoms with Gasteiger partial charge in [0.25, 0.3) is 0 Å². The van der Waals surface area contributed by atoms with Crippen molar-refractivity contribution in [3.63, 3.8) is 0 Å². The predicted molar refractivity (Wildman–Crippen MR) is 94.1 cm³/mol. The summed E-state index contributed by atoms with van der Waals surface area (Å²) in [5, 5.41) is 1.11. The van der Waals surface area contributed by atoms with Crippen LogP contribution < -0.4 is 0 Å². The van der Waals surface area contributed by atoms with Crippen LogP contribution in [0, 0.1) is 0 Å². The lowest BCUT2D eigenvalue weighted by atomic mass is 10.2. The zero-order valence-electron chi connectivity index (χ0n) is 12.7. The van der Waals surface area contributed by atoms with Crippen molar-refractivity contribution in [1.82, 2.24) is 0 Å². The minimum Gasteiger partial charge on any atom is -0.454 e. The van der Waals surface area contributed by atoms with Gasteiger partial charge in [0, 0.05) is 10.3 Å². The third-order valence-corrected chi connectivity index (χ3v) is 4.48. The van der Waals surface area contributed by atoms with Gasteiger partial charge >= 0.3 is 5.97 Å². The number of hydrogen-bond donors (Lipinski definition) is 0. The van der Waals surface area contributed by atoms with E-state index in [1.807, 2.05) is 30.5 Å². The van der Waals surface area contributed by atoms with Crippen molar-refractivity contribution in [1.29, 1.82) is 0 Å². The highest BCUT2D eigenvalue weighted by Gasteiger charge is 2.17. The summed E-state index contributed by atoms with van der Waals surface area (Å²) < 4.78 is 10.5. The average molecular weight is 361 g/mol. The molecule has 6 heteroatoms. The van der Waals surface area contributed by atoms with Gasteiger partial charge in [-0.3, -0.25) is 4.79 Å². The Morgan fingerprint density at radius 1 is 1.17 bits per heavy atom. The molecule has 0 N–H and O–H groups in total. The summed E-state index contributed by atoms with van der Waals surface area (Å²) >= 11 is 7.50. The van der Waals surface area contributed by atoms with Gasteiger partial charge in [0.1, 0.15) is 5.58 Å². The molecule has 0 saturated carbocycles. The highest BCUT2D eigenvalue weighted by molar-refractivity contribution is 7.98. The van der Waals surface area contributed by atoms with E-state index in [1.165, 1.54) is 11.8 Å². The molecule has 2 aromatic carbocycles. The van der Waals surface area contributed by atoms with Crippen LogP contribution in [0.15, 0.2) is 57.8 Å². The van der Waals surface area contributed by atoms with E-state index in [4.69, 9.17) is 20.8 Å². The van der Waals surface area contributed by atoms with E-state index < -0.39 is 18.4 Å². The quantitative estimate of drug-likeness (QED) is 0.370. The second-order valence-electron chi connectivity index (χ2n) is 4.99. The minimum absolute atomic E-state index is 0.160. The van der Waals surface area contributed by atoms with Crippen LogP contribution >= 0.6 is 23.4 Å². The molecule has 1 heterocycles. The number of Topliss-reactive ketones (excluding diaryl/α,β-unsaturated/α-hetero) is 1. The minimum atomic E-state index is -0.639. The monoisotopic (exact) mass is 360 g/mol. The maximum Gasteiger partial charge on any atom is 0.340 e. The van der Waals surface area contributed by atoms with Gasteiger partial charge in [0.05, 0.1) is 10.6 Å². The molecule has 0 atom stereocenters. The van der Waals surface area contributed by atoms with Gasteiger partial charge in [-0.1, -0.05) is 29.8 Å². The molecule has 3 rings (SSSR count). The number of ketones is 1. The second kappa shape index (κ2) is 7.11. The fraction of sp³-hybridized carbons (Fsp3) is 0.111. The molecule has 0 aliphatic heterocycles. The normalized spacial score (nSPS) is 10.8. The van der Waals surface area contributed by atoms with Crippen LogP contribution in [-0.4, -0.2) is 24.6 Å². The predicted octanol–water partition coefficient (Wildman–Crippen LogP) is 4.85. The molecule has 3 aromatic rings. The van der Waals surface area contributed by atoms with E-state index >= 15 is 0 Å². The Morgan fingerprint density at radius 2 is 1.96 bits per heavy atom. The fourth-order valence-electron chi connectivity index (χ4n) is 2.19. The van der Waals surface area contributed by atoms with E-state index in [9.17, 15) is 9.59 Å². The van der Waals surface area contributed by atoms with Crippen molar-refractivity contribution in [2.45, 2.75) is 4.90 Å². The molecule has 0 saturated heterocycles. The standard InChI is InChI=1S/C18H13ClO4S/c1-24-12-6-7-14(19)13(9-12)18(21)22-10-15(20)17-8-11-4-2-3-5-16(11)23-17/h2-9H,10H2,1H3. The summed E-state index contributed by atoms with van der Waals surface area (Å²) in [4.78, 5) is 25.2. The highest BCUT2D eigenvalue weighted by atomic mass is 35.5. The number of halogens is 1. The smallest absolute Gasteiger partial charge is 0.340 e. The Kier molecular flexibility index (Phi) is 4.92. The maximum absolute atomic E-state index is 12.2. The number of carbonyl (C=O) groups is 2. The van der Waals surface area contributed by atoms with Gasteiger partial charge in [-0.05, 0) is 36.6 Å². The summed E-state index contributed by atoms with van der Waals surface area (Å²) in [6, 6.07) is 14.0. The average Bonchev–Trinajstić information content (AvgIpc) is 3.04. The number of hydrogen-bond acceptors (Lipinski definition) is 5. The maximum atomic E-state index is 12.2. The summed E-state index contributed by atoms with van der Waals surface area (Å²) in [6.45, 7) is -0.404. The second-order valence-corrected chi connectivity index (χ2v) is 6.28. The molecule has 0 fully saturated rings. The van der Waals surface area contributed by atoms with Crippen molar-refractivity contribution in [2.75, 3.05) is 12.9 Å². The molecule has 122 valence electrons. The molecule has 0 aliphatic rings. The third kappa shape index (κ3) is 3.47.